The van der Waals surface area contributed by atoms with Crippen LogP contribution in [0.15, 0.2) is 0 Å². The molecule has 4 heteroatoms. The molecule has 2 unspecified atom stereocenters. The third-order valence-electron chi connectivity index (χ3n) is 1.97. The molecule has 4 atom stereocenters. The summed E-state index contributed by atoms with van der Waals surface area (Å²) in [7, 11) is 1.51. The molecule has 1 aliphatic heterocycles. The zero-order chi connectivity index (χ0) is 8.43. The lowest BCUT2D eigenvalue weighted by Crippen LogP contribution is -2.47. The molecule has 0 radical (unpaired) electrons. The lowest BCUT2D eigenvalue weighted by Gasteiger charge is -2.34. The molecule has 1 fully saturated rings. The zero-order valence-electron chi connectivity index (χ0n) is 6.73. The minimum atomic E-state index is -0.807. The van der Waals surface area contributed by atoms with Crippen LogP contribution in [0.25, 0.3) is 0 Å². The first-order valence-corrected chi connectivity index (χ1v) is 3.69. The minimum absolute atomic E-state index is 0.311. The lowest BCUT2D eigenvalue weighted by molar-refractivity contribution is -0.231. The van der Waals surface area contributed by atoms with Gasteiger partial charge < -0.3 is 19.7 Å². The largest absolute Gasteiger partial charge is 0.388 e. The highest BCUT2D eigenvalue weighted by Gasteiger charge is 2.34. The van der Waals surface area contributed by atoms with Crippen molar-refractivity contribution in [1.29, 1.82) is 0 Å². The van der Waals surface area contributed by atoms with Crippen LogP contribution in [0.2, 0.25) is 0 Å². The maximum absolute atomic E-state index is 9.39. The van der Waals surface area contributed by atoms with Gasteiger partial charge in [0.25, 0.3) is 0 Å². The van der Waals surface area contributed by atoms with Crippen LogP contribution in [-0.4, -0.2) is 41.9 Å². The molecule has 0 aliphatic carbocycles. The summed E-state index contributed by atoms with van der Waals surface area (Å²) in [4.78, 5) is 0. The Balaban J connectivity index is 2.51. The SMILES string of the molecule is COC1C[C@@H](O)OC(C)[C@H]1O. The van der Waals surface area contributed by atoms with Crippen molar-refractivity contribution in [1.82, 2.24) is 0 Å². The molecule has 2 N–H and O–H groups in total. The van der Waals surface area contributed by atoms with E-state index in [-0.39, 0.29) is 12.2 Å². The molecule has 1 aliphatic rings. The lowest BCUT2D eigenvalue weighted by atomic mass is 10.0. The van der Waals surface area contributed by atoms with Gasteiger partial charge in [-0.05, 0) is 6.92 Å². The Labute approximate surface area is 65.7 Å². The van der Waals surface area contributed by atoms with Crippen molar-refractivity contribution < 1.29 is 19.7 Å². The van der Waals surface area contributed by atoms with Crippen molar-refractivity contribution in [2.45, 2.75) is 37.9 Å². The van der Waals surface area contributed by atoms with Crippen LogP contribution in [0, 0.1) is 0 Å². The molecule has 66 valence electrons. The Kier molecular flexibility index (Phi) is 2.84. The second-order valence-electron chi connectivity index (χ2n) is 2.80. The van der Waals surface area contributed by atoms with Gasteiger partial charge in [0.15, 0.2) is 6.29 Å². The van der Waals surface area contributed by atoms with Gasteiger partial charge >= 0.3 is 0 Å². The molecule has 1 saturated heterocycles. The number of aliphatic hydroxyl groups excluding tert-OH is 2. The highest BCUT2D eigenvalue weighted by atomic mass is 16.6. The van der Waals surface area contributed by atoms with Crippen LogP contribution in [0.3, 0.4) is 0 Å². The zero-order valence-corrected chi connectivity index (χ0v) is 6.73. The van der Waals surface area contributed by atoms with E-state index in [1.165, 1.54) is 7.11 Å². The molecule has 1 rings (SSSR count). The maximum atomic E-state index is 9.39. The van der Waals surface area contributed by atoms with Crippen molar-refractivity contribution in [2.24, 2.45) is 0 Å². The molecule has 4 nitrogen and oxygen atoms in total. The second kappa shape index (κ2) is 3.49. The molecule has 0 saturated carbocycles. The Hall–Kier alpha value is -0.160. The normalized spacial score (nSPS) is 45.8. The first-order valence-electron chi connectivity index (χ1n) is 3.69. The summed E-state index contributed by atoms with van der Waals surface area (Å²) < 4.78 is 9.91. The summed E-state index contributed by atoms with van der Waals surface area (Å²) in [6.45, 7) is 1.71. The average Bonchev–Trinajstić information content (AvgIpc) is 1.96. The van der Waals surface area contributed by atoms with Gasteiger partial charge in [0, 0.05) is 13.5 Å². The number of methoxy groups -OCH3 is 1. The van der Waals surface area contributed by atoms with Crippen molar-refractivity contribution in [3.63, 3.8) is 0 Å². The van der Waals surface area contributed by atoms with Gasteiger partial charge in [-0.1, -0.05) is 0 Å². The average molecular weight is 162 g/mol. The van der Waals surface area contributed by atoms with E-state index in [9.17, 15) is 5.11 Å². The molecule has 0 spiro atoms. The third kappa shape index (κ3) is 1.90. The quantitative estimate of drug-likeness (QED) is 0.545. The molecule has 0 aromatic rings. The van der Waals surface area contributed by atoms with Crippen molar-refractivity contribution in [3.05, 3.63) is 0 Å². The smallest absolute Gasteiger partial charge is 0.157 e. The summed E-state index contributed by atoms with van der Waals surface area (Å²) in [5.41, 5.74) is 0. The van der Waals surface area contributed by atoms with E-state index in [1.807, 2.05) is 0 Å². The minimum Gasteiger partial charge on any atom is -0.388 e. The number of hydrogen-bond acceptors (Lipinski definition) is 4. The highest BCUT2D eigenvalue weighted by Crippen LogP contribution is 2.20. The number of ether oxygens (including phenoxy) is 2. The second-order valence-corrected chi connectivity index (χ2v) is 2.80. The molecule has 0 aromatic heterocycles. The molecule has 0 aromatic carbocycles. The van der Waals surface area contributed by atoms with Gasteiger partial charge in [0.1, 0.15) is 6.10 Å². The van der Waals surface area contributed by atoms with E-state index in [1.54, 1.807) is 6.92 Å². The van der Waals surface area contributed by atoms with E-state index in [2.05, 4.69) is 0 Å². The summed E-state index contributed by atoms with van der Waals surface area (Å²) in [6.07, 6.45) is -1.78. The number of rotatable bonds is 1. The Bertz CT molecular complexity index is 128. The Morgan fingerprint density at radius 1 is 1.45 bits per heavy atom. The standard InChI is InChI=1S/C7H14O4/c1-4-7(9)5(10-2)3-6(8)11-4/h4-9H,3H2,1-2H3/t4?,5?,6-,7+/m0/s1. The Morgan fingerprint density at radius 3 is 2.64 bits per heavy atom. The molecular weight excluding hydrogens is 148 g/mol. The van der Waals surface area contributed by atoms with Gasteiger partial charge in [0.2, 0.25) is 0 Å². The summed E-state index contributed by atoms with van der Waals surface area (Å²) >= 11 is 0. The highest BCUT2D eigenvalue weighted by molar-refractivity contribution is 4.80. The fourth-order valence-electron chi connectivity index (χ4n) is 1.26. The first-order chi connectivity index (χ1) is 5.15. The van der Waals surface area contributed by atoms with E-state index in [0.29, 0.717) is 6.42 Å². The van der Waals surface area contributed by atoms with E-state index in [4.69, 9.17) is 14.6 Å². The fourth-order valence-corrected chi connectivity index (χ4v) is 1.26. The van der Waals surface area contributed by atoms with Crippen molar-refractivity contribution in [3.8, 4) is 0 Å². The fraction of sp³-hybridized carbons (Fsp3) is 1.00. The monoisotopic (exact) mass is 162 g/mol. The van der Waals surface area contributed by atoms with Gasteiger partial charge in [-0.2, -0.15) is 0 Å². The third-order valence-corrected chi connectivity index (χ3v) is 1.97. The molecule has 11 heavy (non-hydrogen) atoms. The van der Waals surface area contributed by atoms with Crippen LogP contribution in [0.5, 0.6) is 0 Å². The number of hydrogen-bond donors (Lipinski definition) is 2. The van der Waals surface area contributed by atoms with E-state index in [0.717, 1.165) is 0 Å². The Morgan fingerprint density at radius 2 is 2.09 bits per heavy atom. The molecular formula is C7H14O4. The van der Waals surface area contributed by atoms with Gasteiger partial charge in [0.05, 0.1) is 12.2 Å². The summed E-state index contributed by atoms with van der Waals surface area (Å²) in [5.74, 6) is 0. The summed E-state index contributed by atoms with van der Waals surface area (Å²) in [5, 5.41) is 18.5. The first kappa shape index (κ1) is 8.93. The van der Waals surface area contributed by atoms with Crippen molar-refractivity contribution in [2.75, 3.05) is 7.11 Å². The summed E-state index contributed by atoms with van der Waals surface area (Å²) in [6, 6.07) is 0. The van der Waals surface area contributed by atoms with Crippen LogP contribution >= 0.6 is 0 Å². The van der Waals surface area contributed by atoms with Crippen LogP contribution in [-0.2, 0) is 9.47 Å². The van der Waals surface area contributed by atoms with Crippen LogP contribution in [0.1, 0.15) is 13.3 Å². The number of aliphatic hydroxyl groups is 2. The van der Waals surface area contributed by atoms with Gasteiger partial charge in [-0.15, -0.1) is 0 Å². The van der Waals surface area contributed by atoms with Gasteiger partial charge in [-0.3, -0.25) is 0 Å². The molecule has 0 bridgehead atoms. The predicted octanol–water partition coefficient (Wildman–Crippen LogP) is -0.510. The van der Waals surface area contributed by atoms with Gasteiger partial charge in [-0.25, -0.2) is 0 Å². The molecule has 0 amide bonds. The van der Waals surface area contributed by atoms with E-state index >= 15 is 0 Å². The van der Waals surface area contributed by atoms with Crippen LogP contribution in [0.4, 0.5) is 0 Å². The van der Waals surface area contributed by atoms with Crippen molar-refractivity contribution >= 4 is 0 Å². The maximum Gasteiger partial charge on any atom is 0.157 e. The van der Waals surface area contributed by atoms with E-state index < -0.39 is 12.4 Å². The van der Waals surface area contributed by atoms with Crippen LogP contribution < -0.4 is 0 Å². The topological polar surface area (TPSA) is 58.9 Å². The molecule has 1 heterocycles. The predicted molar refractivity (Wildman–Crippen MR) is 38.0 cm³/mol.